The zero-order valence-electron chi connectivity index (χ0n) is 14.6. The predicted octanol–water partition coefficient (Wildman–Crippen LogP) is 3.41. The lowest BCUT2D eigenvalue weighted by atomic mass is 9.97. The van der Waals surface area contributed by atoms with E-state index in [1.165, 1.54) is 6.07 Å². The second-order valence-corrected chi connectivity index (χ2v) is 7.19. The third-order valence-corrected chi connectivity index (χ3v) is 5.13. The van der Waals surface area contributed by atoms with Crippen LogP contribution >= 0.6 is 0 Å². The predicted molar refractivity (Wildman–Crippen MR) is 98.4 cm³/mol. The SMILES string of the molecule is Cc1ccc(/C(=C/[C@H]2CCC(=O)N2)c2ccc(C3CC3)c(=O)[nH]2)cc1F. The maximum Gasteiger partial charge on any atom is 0.251 e. The van der Waals surface area contributed by atoms with Crippen molar-refractivity contribution in [1.82, 2.24) is 10.3 Å². The lowest BCUT2D eigenvalue weighted by molar-refractivity contribution is -0.119. The molecule has 2 aromatic rings. The van der Waals surface area contributed by atoms with E-state index in [4.69, 9.17) is 0 Å². The number of amides is 1. The van der Waals surface area contributed by atoms with Crippen molar-refractivity contribution in [2.45, 2.75) is 44.6 Å². The van der Waals surface area contributed by atoms with Gasteiger partial charge in [0.1, 0.15) is 5.82 Å². The van der Waals surface area contributed by atoms with E-state index >= 15 is 0 Å². The fourth-order valence-electron chi connectivity index (χ4n) is 3.42. The summed E-state index contributed by atoms with van der Waals surface area (Å²) in [4.78, 5) is 26.9. The topological polar surface area (TPSA) is 62.0 Å². The molecule has 2 aliphatic rings. The van der Waals surface area contributed by atoms with Gasteiger partial charge in [-0.3, -0.25) is 9.59 Å². The van der Waals surface area contributed by atoms with Crippen LogP contribution in [0, 0.1) is 12.7 Å². The summed E-state index contributed by atoms with van der Waals surface area (Å²) in [6.45, 7) is 1.71. The molecule has 1 aliphatic heterocycles. The summed E-state index contributed by atoms with van der Waals surface area (Å²) in [5.41, 5.74) is 3.36. The Bertz CT molecular complexity index is 957. The van der Waals surface area contributed by atoms with Crippen LogP contribution in [0.25, 0.3) is 5.57 Å². The smallest absolute Gasteiger partial charge is 0.251 e. The summed E-state index contributed by atoms with van der Waals surface area (Å²) in [7, 11) is 0. The zero-order chi connectivity index (χ0) is 18.3. The number of H-pyrrole nitrogens is 1. The summed E-state index contributed by atoms with van der Waals surface area (Å²) in [6.07, 6.45) is 5.21. The van der Waals surface area contributed by atoms with Crippen LogP contribution in [-0.4, -0.2) is 16.9 Å². The molecule has 2 fully saturated rings. The van der Waals surface area contributed by atoms with Crippen molar-refractivity contribution in [3.63, 3.8) is 0 Å². The molecular formula is C21H21FN2O2. The first-order valence-electron chi connectivity index (χ1n) is 9.02. The zero-order valence-corrected chi connectivity index (χ0v) is 14.6. The van der Waals surface area contributed by atoms with E-state index in [1.807, 2.05) is 24.3 Å². The highest BCUT2D eigenvalue weighted by atomic mass is 19.1. The highest BCUT2D eigenvalue weighted by molar-refractivity contribution is 5.82. The molecule has 0 unspecified atom stereocenters. The number of pyridine rings is 1. The number of carbonyl (C=O) groups excluding carboxylic acids is 1. The molecule has 1 saturated heterocycles. The molecule has 0 spiro atoms. The van der Waals surface area contributed by atoms with Gasteiger partial charge in [-0.1, -0.05) is 24.3 Å². The van der Waals surface area contributed by atoms with Gasteiger partial charge in [0.15, 0.2) is 0 Å². The van der Waals surface area contributed by atoms with Gasteiger partial charge in [-0.15, -0.1) is 0 Å². The van der Waals surface area contributed by atoms with Crippen LogP contribution in [0.4, 0.5) is 4.39 Å². The van der Waals surface area contributed by atoms with Crippen molar-refractivity contribution in [2.75, 3.05) is 0 Å². The summed E-state index contributed by atoms with van der Waals surface area (Å²) in [5, 5.41) is 2.90. The van der Waals surface area contributed by atoms with Gasteiger partial charge in [0.2, 0.25) is 5.91 Å². The quantitative estimate of drug-likeness (QED) is 0.886. The van der Waals surface area contributed by atoms with Crippen LogP contribution in [0.1, 0.15) is 54.0 Å². The van der Waals surface area contributed by atoms with E-state index in [0.717, 1.165) is 24.0 Å². The minimum atomic E-state index is -0.291. The second kappa shape index (κ2) is 6.56. The number of nitrogens with one attached hydrogen (secondary N) is 2. The molecule has 0 radical (unpaired) electrons. The Balaban J connectivity index is 1.78. The number of aromatic nitrogens is 1. The van der Waals surface area contributed by atoms with E-state index in [9.17, 15) is 14.0 Å². The molecule has 4 nitrogen and oxygen atoms in total. The van der Waals surface area contributed by atoms with Gasteiger partial charge >= 0.3 is 0 Å². The van der Waals surface area contributed by atoms with Gasteiger partial charge in [-0.05, 0) is 55.4 Å². The molecule has 1 aromatic heterocycles. The number of hydrogen-bond acceptors (Lipinski definition) is 2. The molecule has 2 heterocycles. The first-order chi connectivity index (χ1) is 12.5. The van der Waals surface area contributed by atoms with Gasteiger partial charge in [-0.25, -0.2) is 4.39 Å². The van der Waals surface area contributed by atoms with Crippen LogP contribution in [-0.2, 0) is 4.79 Å². The number of benzene rings is 1. The third kappa shape index (κ3) is 3.34. The van der Waals surface area contributed by atoms with Crippen molar-refractivity contribution in [1.29, 1.82) is 0 Å². The normalized spacial score (nSPS) is 20.3. The Morgan fingerprint density at radius 2 is 1.96 bits per heavy atom. The maximum atomic E-state index is 14.1. The van der Waals surface area contributed by atoms with E-state index in [1.54, 1.807) is 13.0 Å². The van der Waals surface area contributed by atoms with Crippen LogP contribution in [0.2, 0.25) is 0 Å². The Morgan fingerprint density at radius 3 is 2.58 bits per heavy atom. The van der Waals surface area contributed by atoms with E-state index in [0.29, 0.717) is 35.6 Å². The summed E-state index contributed by atoms with van der Waals surface area (Å²) >= 11 is 0. The minimum Gasteiger partial charge on any atom is -0.350 e. The molecule has 1 atom stereocenters. The lowest BCUT2D eigenvalue weighted by Gasteiger charge is -2.13. The monoisotopic (exact) mass is 352 g/mol. The first kappa shape index (κ1) is 16.8. The van der Waals surface area contributed by atoms with Gasteiger partial charge < -0.3 is 10.3 Å². The van der Waals surface area contributed by atoms with Gasteiger partial charge in [-0.2, -0.15) is 0 Å². The van der Waals surface area contributed by atoms with E-state index in [2.05, 4.69) is 10.3 Å². The molecule has 1 amide bonds. The number of hydrogen-bond donors (Lipinski definition) is 2. The van der Waals surface area contributed by atoms with Gasteiger partial charge in [0.25, 0.3) is 5.56 Å². The highest BCUT2D eigenvalue weighted by Gasteiger charge is 2.26. The average Bonchev–Trinajstić information content (AvgIpc) is 3.37. The molecule has 0 bridgehead atoms. The molecule has 1 aromatic carbocycles. The molecule has 2 N–H and O–H groups in total. The standard InChI is InChI=1S/C21H21FN2O2/c1-12-2-3-14(10-18(12)22)17(11-15-6-9-20(25)23-15)19-8-7-16(13-4-5-13)21(26)24-19/h2-3,7-8,10-11,13,15H,4-6,9H2,1H3,(H,23,25)(H,24,26)/b17-11-/t15-/m1/s1. The first-order valence-corrected chi connectivity index (χ1v) is 9.02. The van der Waals surface area contributed by atoms with E-state index in [-0.39, 0.29) is 23.3 Å². The van der Waals surface area contributed by atoms with Crippen molar-refractivity contribution < 1.29 is 9.18 Å². The maximum absolute atomic E-state index is 14.1. The molecule has 1 saturated carbocycles. The van der Waals surface area contributed by atoms with Crippen LogP contribution < -0.4 is 10.9 Å². The largest absolute Gasteiger partial charge is 0.350 e. The minimum absolute atomic E-state index is 0.0123. The molecule has 26 heavy (non-hydrogen) atoms. The number of aromatic amines is 1. The summed E-state index contributed by atoms with van der Waals surface area (Å²) in [5.74, 6) is 0.0882. The van der Waals surface area contributed by atoms with Crippen LogP contribution in [0.3, 0.4) is 0 Å². The summed E-state index contributed by atoms with van der Waals surface area (Å²) < 4.78 is 14.1. The van der Waals surface area contributed by atoms with Crippen LogP contribution in [0.5, 0.6) is 0 Å². The lowest BCUT2D eigenvalue weighted by Crippen LogP contribution is -2.23. The molecule has 134 valence electrons. The molecular weight excluding hydrogens is 331 g/mol. The molecule has 5 heteroatoms. The Kier molecular flexibility index (Phi) is 4.23. The Morgan fingerprint density at radius 1 is 1.15 bits per heavy atom. The number of carbonyl (C=O) groups is 1. The summed E-state index contributed by atoms with van der Waals surface area (Å²) in [6, 6.07) is 8.68. The second-order valence-electron chi connectivity index (χ2n) is 7.19. The fourth-order valence-corrected chi connectivity index (χ4v) is 3.42. The fraction of sp³-hybridized carbons (Fsp3) is 0.333. The van der Waals surface area contributed by atoms with Crippen molar-refractivity contribution in [3.05, 3.63) is 75.0 Å². The number of rotatable bonds is 4. The highest BCUT2D eigenvalue weighted by Crippen LogP contribution is 2.38. The van der Waals surface area contributed by atoms with Crippen molar-refractivity contribution >= 4 is 11.5 Å². The van der Waals surface area contributed by atoms with Crippen molar-refractivity contribution in [3.8, 4) is 0 Å². The number of halogens is 1. The van der Waals surface area contributed by atoms with Crippen LogP contribution in [0.15, 0.2) is 41.2 Å². The molecule has 4 rings (SSSR count). The number of aryl methyl sites for hydroxylation is 1. The van der Waals surface area contributed by atoms with Gasteiger partial charge in [0, 0.05) is 29.3 Å². The van der Waals surface area contributed by atoms with Crippen molar-refractivity contribution in [2.24, 2.45) is 0 Å². The third-order valence-electron chi connectivity index (χ3n) is 5.13. The Labute approximate surface area is 151 Å². The average molecular weight is 352 g/mol. The molecule has 1 aliphatic carbocycles. The van der Waals surface area contributed by atoms with Gasteiger partial charge in [0.05, 0.1) is 0 Å². The van der Waals surface area contributed by atoms with E-state index < -0.39 is 0 Å². The Hall–Kier alpha value is -2.69.